The molecule has 0 saturated heterocycles. The van der Waals surface area contributed by atoms with Gasteiger partial charge in [-0.3, -0.25) is 9.59 Å². The first-order valence-corrected chi connectivity index (χ1v) is 8.56. The van der Waals surface area contributed by atoms with Crippen LogP contribution in [-0.4, -0.2) is 45.4 Å². The third-order valence-corrected chi connectivity index (χ3v) is 3.50. The molecule has 0 radical (unpaired) electrons. The minimum atomic E-state index is -0.535. The summed E-state index contributed by atoms with van der Waals surface area (Å²) in [4.78, 5) is 23.6. The molecule has 0 aliphatic rings. The number of rotatable bonds is 10. The van der Waals surface area contributed by atoms with E-state index < -0.39 is 5.97 Å². The van der Waals surface area contributed by atoms with Crippen molar-refractivity contribution in [2.45, 2.75) is 6.92 Å². The summed E-state index contributed by atoms with van der Waals surface area (Å²) in [5.41, 5.74) is 0.433. The highest BCUT2D eigenvalue weighted by molar-refractivity contribution is 5.96. The number of amides is 1. The average Bonchev–Trinajstić information content (AvgIpc) is 2.71. The van der Waals surface area contributed by atoms with E-state index in [4.69, 9.17) is 18.9 Å². The maximum absolute atomic E-state index is 11.9. The van der Waals surface area contributed by atoms with Crippen LogP contribution in [0.15, 0.2) is 48.5 Å². The molecule has 1 amide bonds. The Bertz CT molecular complexity index is 727. The molecule has 2 rings (SSSR count). The Morgan fingerprint density at radius 3 is 2.04 bits per heavy atom. The van der Waals surface area contributed by atoms with Gasteiger partial charge in [0.25, 0.3) is 5.91 Å². The quantitative estimate of drug-likeness (QED) is 0.509. The van der Waals surface area contributed by atoms with Crippen molar-refractivity contribution in [1.29, 1.82) is 0 Å². The molecule has 0 atom stereocenters. The fourth-order valence-electron chi connectivity index (χ4n) is 2.16. The van der Waals surface area contributed by atoms with Gasteiger partial charge < -0.3 is 24.3 Å². The second kappa shape index (κ2) is 10.7. The lowest BCUT2D eigenvalue weighted by Crippen LogP contribution is -2.31. The molecule has 0 fully saturated rings. The Morgan fingerprint density at radius 2 is 1.44 bits per heavy atom. The molecule has 0 saturated carbocycles. The van der Waals surface area contributed by atoms with Crippen molar-refractivity contribution in [2.75, 3.05) is 33.5 Å². The highest BCUT2D eigenvalue weighted by Crippen LogP contribution is 2.17. The highest BCUT2D eigenvalue weighted by atomic mass is 16.6. The number of esters is 1. The average molecular weight is 373 g/mol. The van der Waals surface area contributed by atoms with Gasteiger partial charge in [-0.2, -0.15) is 0 Å². The van der Waals surface area contributed by atoms with Gasteiger partial charge in [0.15, 0.2) is 0 Å². The summed E-state index contributed by atoms with van der Waals surface area (Å²) in [7, 11) is 1.55. The van der Waals surface area contributed by atoms with Gasteiger partial charge in [-0.25, -0.2) is 0 Å². The molecule has 0 aromatic heterocycles. The molecule has 7 heteroatoms. The first-order chi connectivity index (χ1) is 13.1. The van der Waals surface area contributed by atoms with Gasteiger partial charge in [0.05, 0.1) is 13.7 Å². The third kappa shape index (κ3) is 6.89. The second-order valence-electron chi connectivity index (χ2n) is 5.38. The van der Waals surface area contributed by atoms with Crippen LogP contribution in [0.2, 0.25) is 0 Å². The summed E-state index contributed by atoms with van der Waals surface area (Å²) in [6.07, 6.45) is 0. The molecule has 2 aromatic rings. The van der Waals surface area contributed by atoms with E-state index in [0.29, 0.717) is 23.7 Å². The van der Waals surface area contributed by atoms with Gasteiger partial charge in [-0.1, -0.05) is 0 Å². The molecular formula is C20H23NO6. The summed E-state index contributed by atoms with van der Waals surface area (Å²) >= 11 is 0. The Labute approximate surface area is 158 Å². The van der Waals surface area contributed by atoms with Crippen LogP contribution in [0.4, 0.5) is 0 Å². The summed E-state index contributed by atoms with van der Waals surface area (Å²) in [6, 6.07) is 13.7. The topological polar surface area (TPSA) is 83.1 Å². The van der Waals surface area contributed by atoms with E-state index in [1.165, 1.54) is 0 Å². The molecule has 0 bridgehead atoms. The fraction of sp³-hybridized carbons (Fsp3) is 0.300. The molecule has 0 aliphatic carbocycles. The molecule has 0 aliphatic heterocycles. The summed E-state index contributed by atoms with van der Waals surface area (Å²) in [5.74, 6) is 1.18. The van der Waals surface area contributed by atoms with Gasteiger partial charge in [0.2, 0.25) is 0 Å². The molecule has 7 nitrogen and oxygen atoms in total. The van der Waals surface area contributed by atoms with Gasteiger partial charge in [0, 0.05) is 5.56 Å². The van der Waals surface area contributed by atoms with E-state index in [2.05, 4.69) is 5.32 Å². The molecule has 144 valence electrons. The Balaban J connectivity index is 1.63. The van der Waals surface area contributed by atoms with Crippen LogP contribution in [-0.2, 0) is 9.53 Å². The summed E-state index contributed by atoms with van der Waals surface area (Å²) < 4.78 is 20.9. The molecule has 27 heavy (non-hydrogen) atoms. The Kier molecular flexibility index (Phi) is 7.96. The predicted molar refractivity (Wildman–Crippen MR) is 99.4 cm³/mol. The monoisotopic (exact) mass is 373 g/mol. The van der Waals surface area contributed by atoms with Crippen molar-refractivity contribution < 1.29 is 28.5 Å². The second-order valence-corrected chi connectivity index (χ2v) is 5.38. The molecule has 1 N–H and O–H groups in total. The molecule has 0 unspecified atom stereocenters. The lowest BCUT2D eigenvalue weighted by molar-refractivity contribution is -0.143. The van der Waals surface area contributed by atoms with Crippen molar-refractivity contribution >= 4 is 11.9 Å². The zero-order valence-electron chi connectivity index (χ0n) is 15.4. The minimum absolute atomic E-state index is 0.0877. The van der Waals surface area contributed by atoms with Crippen molar-refractivity contribution in [3.05, 3.63) is 54.1 Å². The number of carbonyl (C=O) groups is 2. The van der Waals surface area contributed by atoms with E-state index in [0.717, 1.165) is 5.75 Å². The Hall–Kier alpha value is -3.22. The molecule has 2 aromatic carbocycles. The lowest BCUT2D eigenvalue weighted by Gasteiger charge is -2.09. The van der Waals surface area contributed by atoms with Crippen LogP contribution in [0.1, 0.15) is 17.3 Å². The van der Waals surface area contributed by atoms with Crippen LogP contribution in [0.5, 0.6) is 17.2 Å². The van der Waals surface area contributed by atoms with Crippen LogP contribution in [0.25, 0.3) is 0 Å². The number of nitrogens with one attached hydrogen (secondary N) is 1. The van der Waals surface area contributed by atoms with Gasteiger partial charge in [0.1, 0.15) is 37.0 Å². The SMILES string of the molecule is CCOc1ccc(OCCOC(=O)CNC(=O)c2ccc(OC)cc2)cc1. The largest absolute Gasteiger partial charge is 0.497 e. The third-order valence-electron chi connectivity index (χ3n) is 3.50. The van der Waals surface area contributed by atoms with Crippen molar-refractivity contribution in [1.82, 2.24) is 5.32 Å². The number of hydrogen-bond donors (Lipinski definition) is 1. The zero-order chi connectivity index (χ0) is 19.5. The van der Waals surface area contributed by atoms with E-state index in [1.807, 2.05) is 6.92 Å². The van der Waals surface area contributed by atoms with E-state index in [9.17, 15) is 9.59 Å². The fourth-order valence-corrected chi connectivity index (χ4v) is 2.16. The molecule has 0 spiro atoms. The van der Waals surface area contributed by atoms with Crippen LogP contribution >= 0.6 is 0 Å². The number of methoxy groups -OCH3 is 1. The first-order valence-electron chi connectivity index (χ1n) is 8.56. The van der Waals surface area contributed by atoms with Crippen LogP contribution in [0, 0.1) is 0 Å². The number of carbonyl (C=O) groups excluding carboxylic acids is 2. The highest BCUT2D eigenvalue weighted by Gasteiger charge is 2.09. The molecular weight excluding hydrogens is 350 g/mol. The zero-order valence-corrected chi connectivity index (χ0v) is 15.4. The first kappa shape index (κ1) is 20.1. The van der Waals surface area contributed by atoms with Crippen molar-refractivity contribution in [3.8, 4) is 17.2 Å². The van der Waals surface area contributed by atoms with Gasteiger partial charge in [-0.05, 0) is 55.5 Å². The predicted octanol–water partition coefficient (Wildman–Crippen LogP) is 2.45. The van der Waals surface area contributed by atoms with E-state index in [1.54, 1.807) is 55.6 Å². The van der Waals surface area contributed by atoms with Crippen LogP contribution < -0.4 is 19.5 Å². The van der Waals surface area contributed by atoms with E-state index >= 15 is 0 Å². The maximum Gasteiger partial charge on any atom is 0.325 e. The minimum Gasteiger partial charge on any atom is -0.497 e. The molecule has 0 heterocycles. The standard InChI is InChI=1S/C20H23NO6/c1-3-25-17-8-10-18(11-9-17)26-12-13-27-19(22)14-21-20(23)15-4-6-16(24-2)7-5-15/h4-11H,3,12-14H2,1-2H3,(H,21,23). The van der Waals surface area contributed by atoms with Gasteiger partial charge >= 0.3 is 5.97 Å². The Morgan fingerprint density at radius 1 is 0.852 bits per heavy atom. The maximum atomic E-state index is 11.9. The number of benzene rings is 2. The van der Waals surface area contributed by atoms with Gasteiger partial charge in [-0.15, -0.1) is 0 Å². The lowest BCUT2D eigenvalue weighted by atomic mass is 10.2. The normalized spacial score (nSPS) is 10.0. The van der Waals surface area contributed by atoms with E-state index in [-0.39, 0.29) is 25.7 Å². The summed E-state index contributed by atoms with van der Waals surface area (Å²) in [6.45, 7) is 2.61. The number of hydrogen-bond acceptors (Lipinski definition) is 6. The van der Waals surface area contributed by atoms with Crippen LogP contribution in [0.3, 0.4) is 0 Å². The smallest absolute Gasteiger partial charge is 0.325 e. The number of ether oxygens (including phenoxy) is 4. The van der Waals surface area contributed by atoms with Crippen molar-refractivity contribution in [3.63, 3.8) is 0 Å². The summed E-state index contributed by atoms with van der Waals surface area (Å²) in [5, 5.41) is 2.50. The van der Waals surface area contributed by atoms with Crippen molar-refractivity contribution in [2.24, 2.45) is 0 Å².